The van der Waals surface area contributed by atoms with Gasteiger partial charge in [-0.1, -0.05) is 32.1 Å². The molecule has 3 rings (SSSR count). The maximum atomic E-state index is 11.7. The molecule has 0 saturated carbocycles. The van der Waals surface area contributed by atoms with Gasteiger partial charge in [0.15, 0.2) is 5.69 Å². The number of fused-ring (bicyclic) bond motifs is 1. The smallest absolute Gasteiger partial charge is 0.369 e. The number of esters is 2. The quantitative estimate of drug-likeness (QED) is 0.636. The minimum Gasteiger partial charge on any atom is -0.496 e. The summed E-state index contributed by atoms with van der Waals surface area (Å²) in [5, 5.41) is 7.60. The second-order valence-corrected chi connectivity index (χ2v) is 6.41. The van der Waals surface area contributed by atoms with E-state index in [0.717, 1.165) is 16.9 Å². The molecular formula is C16H17N3O4. The lowest BCUT2D eigenvalue weighted by molar-refractivity contribution is 0.0433. The number of hydrogen-bond donors (Lipinski definition) is 0. The number of benzene rings is 1. The van der Waals surface area contributed by atoms with Crippen LogP contribution in [0.25, 0.3) is 0 Å². The van der Waals surface area contributed by atoms with Crippen molar-refractivity contribution in [2.24, 2.45) is 0 Å². The van der Waals surface area contributed by atoms with Crippen molar-refractivity contribution in [1.82, 2.24) is 15.0 Å². The van der Waals surface area contributed by atoms with E-state index in [1.54, 1.807) is 7.11 Å². The number of ether oxygens (including phenoxy) is 2. The number of carbonyl (C=O) groups excluding carboxylic acids is 2. The molecule has 0 unspecified atom stereocenters. The van der Waals surface area contributed by atoms with Crippen LogP contribution in [0.4, 0.5) is 0 Å². The van der Waals surface area contributed by atoms with Gasteiger partial charge in [0, 0.05) is 0 Å². The molecule has 0 fully saturated rings. The van der Waals surface area contributed by atoms with Gasteiger partial charge in [-0.3, -0.25) is 0 Å². The van der Waals surface area contributed by atoms with E-state index in [2.05, 4.69) is 35.8 Å². The number of aromatic nitrogens is 3. The fourth-order valence-corrected chi connectivity index (χ4v) is 2.56. The van der Waals surface area contributed by atoms with E-state index in [9.17, 15) is 9.59 Å². The van der Waals surface area contributed by atoms with Crippen molar-refractivity contribution in [3.63, 3.8) is 0 Å². The van der Waals surface area contributed by atoms with Crippen molar-refractivity contribution in [1.29, 1.82) is 0 Å². The van der Waals surface area contributed by atoms with Crippen LogP contribution in [-0.4, -0.2) is 34.0 Å². The summed E-state index contributed by atoms with van der Waals surface area (Å²) < 4.78 is 11.3. The van der Waals surface area contributed by atoms with Crippen LogP contribution < -0.4 is 4.74 Å². The molecule has 120 valence electrons. The van der Waals surface area contributed by atoms with Crippen LogP contribution in [0.5, 0.6) is 5.75 Å². The molecule has 0 aliphatic carbocycles. The molecule has 2 aromatic rings. The van der Waals surface area contributed by atoms with Gasteiger partial charge in [0.25, 0.3) is 0 Å². The average Bonchev–Trinajstić information content (AvgIpc) is 3.01. The molecular weight excluding hydrogens is 298 g/mol. The normalized spacial score (nSPS) is 13.9. The van der Waals surface area contributed by atoms with E-state index in [4.69, 9.17) is 4.74 Å². The zero-order valence-corrected chi connectivity index (χ0v) is 13.4. The Morgan fingerprint density at radius 2 is 1.96 bits per heavy atom. The molecule has 0 amide bonds. The van der Waals surface area contributed by atoms with Crippen molar-refractivity contribution in [2.75, 3.05) is 7.11 Å². The van der Waals surface area contributed by atoms with E-state index >= 15 is 0 Å². The summed E-state index contributed by atoms with van der Waals surface area (Å²) in [4.78, 5) is 23.1. The minimum atomic E-state index is -0.749. The summed E-state index contributed by atoms with van der Waals surface area (Å²) in [5.74, 6) is -0.652. The molecule has 1 aromatic heterocycles. The van der Waals surface area contributed by atoms with Gasteiger partial charge in [0.1, 0.15) is 5.75 Å². The Bertz CT molecular complexity index is 802. The maximum absolute atomic E-state index is 11.7. The van der Waals surface area contributed by atoms with Crippen LogP contribution in [-0.2, 0) is 16.7 Å². The first-order valence-electron chi connectivity index (χ1n) is 7.18. The third kappa shape index (κ3) is 2.58. The molecule has 0 atom stereocenters. The Labute approximate surface area is 133 Å². The summed E-state index contributed by atoms with van der Waals surface area (Å²) >= 11 is 0. The summed E-state index contributed by atoms with van der Waals surface area (Å²) in [6.07, 6.45) is 0. The predicted molar refractivity (Wildman–Crippen MR) is 80.6 cm³/mol. The first-order chi connectivity index (χ1) is 10.8. The Balaban J connectivity index is 1.98. The SMILES string of the molecule is COc1ccc(Cn2nnc3c2C(=O)OC3=O)cc1C(C)(C)C. The highest BCUT2D eigenvalue weighted by Crippen LogP contribution is 2.32. The van der Waals surface area contributed by atoms with Gasteiger partial charge in [-0.05, 0) is 28.7 Å². The second kappa shape index (κ2) is 5.19. The molecule has 2 heterocycles. The summed E-state index contributed by atoms with van der Waals surface area (Å²) in [6.45, 7) is 6.60. The van der Waals surface area contributed by atoms with Gasteiger partial charge >= 0.3 is 11.9 Å². The highest BCUT2D eigenvalue weighted by atomic mass is 16.6. The molecule has 1 aromatic carbocycles. The van der Waals surface area contributed by atoms with Crippen LogP contribution in [0, 0.1) is 0 Å². The molecule has 0 N–H and O–H groups in total. The molecule has 23 heavy (non-hydrogen) atoms. The highest BCUT2D eigenvalue weighted by molar-refractivity contribution is 6.12. The van der Waals surface area contributed by atoms with Gasteiger partial charge in [0.05, 0.1) is 13.7 Å². The van der Waals surface area contributed by atoms with Crippen LogP contribution in [0.3, 0.4) is 0 Å². The lowest BCUT2D eigenvalue weighted by Crippen LogP contribution is -2.15. The van der Waals surface area contributed by atoms with Gasteiger partial charge < -0.3 is 9.47 Å². The molecule has 1 aliphatic rings. The third-order valence-electron chi connectivity index (χ3n) is 3.71. The molecule has 7 nitrogen and oxygen atoms in total. The summed E-state index contributed by atoms with van der Waals surface area (Å²) in [5.41, 5.74) is 1.95. The van der Waals surface area contributed by atoms with Crippen LogP contribution in [0.2, 0.25) is 0 Å². The number of carbonyl (C=O) groups is 2. The highest BCUT2D eigenvalue weighted by Gasteiger charge is 2.36. The largest absolute Gasteiger partial charge is 0.496 e. The zero-order chi connectivity index (χ0) is 16.8. The first kappa shape index (κ1) is 15.2. The van der Waals surface area contributed by atoms with Crippen molar-refractivity contribution < 1.29 is 19.1 Å². The molecule has 0 bridgehead atoms. The number of methoxy groups -OCH3 is 1. The predicted octanol–water partition coefficient (Wildman–Crippen LogP) is 1.94. The minimum absolute atomic E-state index is 0.0282. The van der Waals surface area contributed by atoms with E-state index in [-0.39, 0.29) is 16.8 Å². The summed E-state index contributed by atoms with van der Waals surface area (Å²) in [6, 6.07) is 5.79. The Kier molecular flexibility index (Phi) is 3.43. The maximum Gasteiger partial charge on any atom is 0.369 e. The van der Waals surface area contributed by atoms with E-state index in [1.165, 1.54) is 4.68 Å². The summed E-state index contributed by atoms with van der Waals surface area (Å²) in [7, 11) is 1.64. The molecule has 0 radical (unpaired) electrons. The van der Waals surface area contributed by atoms with Crippen molar-refractivity contribution in [3.8, 4) is 5.75 Å². The van der Waals surface area contributed by atoms with Gasteiger partial charge in [-0.15, -0.1) is 5.10 Å². The van der Waals surface area contributed by atoms with E-state index < -0.39 is 11.9 Å². The number of nitrogens with zero attached hydrogens (tertiary/aromatic N) is 3. The van der Waals surface area contributed by atoms with Crippen molar-refractivity contribution in [2.45, 2.75) is 32.7 Å². The molecule has 1 aliphatic heterocycles. The topological polar surface area (TPSA) is 83.3 Å². The lowest BCUT2D eigenvalue weighted by atomic mass is 9.85. The van der Waals surface area contributed by atoms with Crippen molar-refractivity contribution >= 4 is 11.9 Å². The van der Waals surface area contributed by atoms with Gasteiger partial charge in [-0.2, -0.15) is 0 Å². The fraction of sp³-hybridized carbons (Fsp3) is 0.375. The van der Waals surface area contributed by atoms with E-state index in [1.807, 2.05) is 18.2 Å². The Morgan fingerprint density at radius 1 is 1.22 bits per heavy atom. The zero-order valence-electron chi connectivity index (χ0n) is 13.4. The average molecular weight is 315 g/mol. The monoisotopic (exact) mass is 315 g/mol. The van der Waals surface area contributed by atoms with Crippen LogP contribution in [0.15, 0.2) is 18.2 Å². The number of cyclic esters (lactones) is 2. The number of rotatable bonds is 3. The third-order valence-corrected chi connectivity index (χ3v) is 3.71. The van der Waals surface area contributed by atoms with E-state index in [0.29, 0.717) is 6.54 Å². The fourth-order valence-electron chi connectivity index (χ4n) is 2.56. The standard InChI is InChI=1S/C16H17N3O4/c1-16(2,3)10-7-9(5-6-11(10)22-4)8-19-13-12(17-18-19)14(20)23-15(13)21/h5-7H,8H2,1-4H3. The molecule has 7 heteroatoms. The second-order valence-electron chi connectivity index (χ2n) is 6.41. The van der Waals surface area contributed by atoms with Gasteiger partial charge in [0.2, 0.25) is 5.69 Å². The molecule has 0 spiro atoms. The van der Waals surface area contributed by atoms with Crippen LogP contribution in [0.1, 0.15) is 52.9 Å². The van der Waals surface area contributed by atoms with Crippen molar-refractivity contribution in [3.05, 3.63) is 40.7 Å². The van der Waals surface area contributed by atoms with Crippen LogP contribution >= 0.6 is 0 Å². The first-order valence-corrected chi connectivity index (χ1v) is 7.18. The number of hydrogen-bond acceptors (Lipinski definition) is 6. The Hall–Kier alpha value is -2.70. The molecule has 0 saturated heterocycles. The Morgan fingerprint density at radius 3 is 2.61 bits per heavy atom. The lowest BCUT2D eigenvalue weighted by Gasteiger charge is -2.23. The van der Waals surface area contributed by atoms with Gasteiger partial charge in [-0.25, -0.2) is 14.3 Å².